The summed E-state index contributed by atoms with van der Waals surface area (Å²) in [7, 11) is 4.06. The van der Waals surface area contributed by atoms with Crippen molar-refractivity contribution in [1.29, 1.82) is 0 Å². The summed E-state index contributed by atoms with van der Waals surface area (Å²) in [5, 5.41) is 20.3. The molecule has 1 unspecified atom stereocenters. The first-order valence-corrected chi connectivity index (χ1v) is 15.9. The summed E-state index contributed by atoms with van der Waals surface area (Å²) >= 11 is 0. The number of hydrogen-bond donors (Lipinski definition) is 2. The minimum atomic E-state index is -3.25. The zero-order valence-electron chi connectivity index (χ0n) is 23.8. The molecule has 43 heavy (non-hydrogen) atoms. The van der Waals surface area contributed by atoms with Gasteiger partial charge < -0.3 is 19.5 Å². The van der Waals surface area contributed by atoms with E-state index < -0.39 is 37.2 Å². The molecule has 4 aromatic rings. The number of carbonyl (C=O) groups is 1. The van der Waals surface area contributed by atoms with Crippen molar-refractivity contribution in [3.05, 3.63) is 77.1 Å². The molecule has 0 aliphatic rings. The van der Waals surface area contributed by atoms with Crippen LogP contribution in [0.5, 0.6) is 5.75 Å². The molecule has 0 saturated carbocycles. The SMILES string of the molecule is [B]C(O)(O)N(C)C(CC)c1nc2ccc(-c3cc(F)c(CP(C)(C)=O)c(F)c3)cc2n1-c1c(C=O)cccc1OC(F)F. The van der Waals surface area contributed by atoms with Crippen LogP contribution >= 0.6 is 7.14 Å². The number of imidazole rings is 1. The highest BCUT2D eigenvalue weighted by Gasteiger charge is 2.33. The van der Waals surface area contributed by atoms with E-state index in [0.717, 1.165) is 17.0 Å². The number of para-hydroxylation sites is 1. The number of carbonyl (C=O) groups excluding carboxylic acids is 1. The van der Waals surface area contributed by atoms with Crippen LogP contribution in [0.4, 0.5) is 17.6 Å². The standard InChI is InChI=1S/C29H29BF4N3O5P/c1-5-23(36(2)29(30,39)40)27-35-22-10-9-16(18-11-20(31)19(21(32)12-18)15-43(3,4)41)13-24(22)37(27)26-17(14-38)7-6-8-25(26)42-28(33)34/h6-14,23,28,39-40H,5,15H2,1-4H3. The summed E-state index contributed by atoms with van der Waals surface area (Å²) in [4.78, 5) is 17.8. The molecule has 0 aliphatic carbocycles. The second-order valence-electron chi connectivity index (χ2n) is 10.6. The largest absolute Gasteiger partial charge is 0.433 e. The maximum atomic E-state index is 15.0. The van der Waals surface area contributed by atoms with E-state index in [1.54, 1.807) is 13.0 Å². The zero-order chi connectivity index (χ0) is 31.9. The van der Waals surface area contributed by atoms with Gasteiger partial charge in [0.05, 0.1) is 24.2 Å². The highest BCUT2D eigenvalue weighted by atomic mass is 31.2. The van der Waals surface area contributed by atoms with Crippen molar-refractivity contribution in [3.8, 4) is 22.6 Å². The quantitative estimate of drug-likeness (QED) is 0.0737. The Kier molecular flexibility index (Phi) is 9.23. The summed E-state index contributed by atoms with van der Waals surface area (Å²) in [6, 6.07) is 9.78. The Labute approximate surface area is 246 Å². The molecule has 0 bridgehead atoms. The second-order valence-corrected chi connectivity index (χ2v) is 14.0. The van der Waals surface area contributed by atoms with Crippen molar-refractivity contribution in [2.45, 2.75) is 38.0 Å². The van der Waals surface area contributed by atoms with Crippen molar-refractivity contribution in [3.63, 3.8) is 0 Å². The first kappa shape index (κ1) is 32.4. The molecule has 1 atom stereocenters. The van der Waals surface area contributed by atoms with E-state index in [1.165, 1.54) is 55.3 Å². The normalized spacial score (nSPS) is 13.2. The summed E-state index contributed by atoms with van der Waals surface area (Å²) in [5.41, 5.74) is 0.461. The van der Waals surface area contributed by atoms with E-state index in [0.29, 0.717) is 11.8 Å². The van der Waals surface area contributed by atoms with Crippen LogP contribution in [0.2, 0.25) is 0 Å². The molecule has 2 N–H and O–H groups in total. The number of rotatable bonds is 11. The van der Waals surface area contributed by atoms with Crippen molar-refractivity contribution in [2.24, 2.45) is 0 Å². The van der Waals surface area contributed by atoms with E-state index in [9.17, 15) is 28.4 Å². The minimum absolute atomic E-state index is 0.0568. The summed E-state index contributed by atoms with van der Waals surface area (Å²) in [6.45, 7) is 1.30. The first-order valence-electron chi connectivity index (χ1n) is 13.1. The maximum Gasteiger partial charge on any atom is 0.387 e. The molecule has 8 nitrogen and oxygen atoms in total. The predicted molar refractivity (Wildman–Crippen MR) is 155 cm³/mol. The monoisotopic (exact) mass is 617 g/mol. The molecule has 0 saturated heterocycles. The van der Waals surface area contributed by atoms with Gasteiger partial charge in [-0.05, 0) is 74.3 Å². The molecule has 1 aromatic heterocycles. The van der Waals surface area contributed by atoms with E-state index >= 15 is 8.78 Å². The fraction of sp³-hybridized carbons (Fsp3) is 0.310. The van der Waals surface area contributed by atoms with Crippen molar-refractivity contribution < 1.29 is 41.9 Å². The fourth-order valence-electron chi connectivity index (χ4n) is 4.96. The molecule has 226 valence electrons. The van der Waals surface area contributed by atoms with Crippen LogP contribution in [0.15, 0.2) is 48.5 Å². The number of alkyl halides is 2. The summed E-state index contributed by atoms with van der Waals surface area (Å²) < 4.78 is 75.4. The number of aliphatic hydroxyl groups is 2. The first-order chi connectivity index (χ1) is 20.1. The molecule has 3 aromatic carbocycles. The number of aromatic nitrogens is 2. The molecule has 1 heterocycles. The summed E-state index contributed by atoms with van der Waals surface area (Å²) in [6.07, 6.45) is 0.365. The van der Waals surface area contributed by atoms with Crippen LogP contribution in [0.25, 0.3) is 27.8 Å². The van der Waals surface area contributed by atoms with Gasteiger partial charge in [0.2, 0.25) is 0 Å². The van der Waals surface area contributed by atoms with Gasteiger partial charge in [-0.1, -0.05) is 19.1 Å². The Hall–Kier alpha value is -3.51. The molecule has 0 aliphatic heterocycles. The van der Waals surface area contributed by atoms with Crippen molar-refractivity contribution in [2.75, 3.05) is 20.4 Å². The average Bonchev–Trinajstić information content (AvgIpc) is 3.27. The third kappa shape index (κ3) is 6.85. The van der Waals surface area contributed by atoms with Gasteiger partial charge in [-0.15, -0.1) is 0 Å². The second kappa shape index (κ2) is 12.2. The van der Waals surface area contributed by atoms with E-state index in [2.05, 4.69) is 4.98 Å². The highest BCUT2D eigenvalue weighted by molar-refractivity contribution is 7.61. The molecular formula is C29H29BF4N3O5P. The Bertz CT molecular complexity index is 1700. The van der Waals surface area contributed by atoms with Gasteiger partial charge in [0.25, 0.3) is 0 Å². The highest BCUT2D eigenvalue weighted by Crippen LogP contribution is 2.43. The molecule has 0 amide bonds. The lowest BCUT2D eigenvalue weighted by Gasteiger charge is -2.36. The Morgan fingerprint density at radius 1 is 1.12 bits per heavy atom. The molecular weight excluding hydrogens is 588 g/mol. The van der Waals surface area contributed by atoms with Gasteiger partial charge in [-0.3, -0.25) is 14.3 Å². The summed E-state index contributed by atoms with van der Waals surface area (Å²) in [5.74, 6) is -4.87. The predicted octanol–water partition coefficient (Wildman–Crippen LogP) is 5.65. The van der Waals surface area contributed by atoms with Crippen LogP contribution in [-0.2, 0) is 10.7 Å². The Balaban J connectivity index is 2.05. The number of ether oxygens (including phenoxy) is 1. The van der Waals surface area contributed by atoms with Crippen LogP contribution in [-0.4, -0.2) is 71.6 Å². The number of nitrogens with zero attached hydrogens (tertiary/aromatic N) is 3. The maximum absolute atomic E-state index is 15.0. The van der Waals surface area contributed by atoms with Gasteiger partial charge in [0.15, 0.2) is 25.7 Å². The zero-order valence-corrected chi connectivity index (χ0v) is 24.7. The fourth-order valence-corrected chi connectivity index (χ4v) is 6.02. The minimum Gasteiger partial charge on any atom is -0.433 e. The van der Waals surface area contributed by atoms with Gasteiger partial charge >= 0.3 is 6.61 Å². The third-order valence-corrected chi connectivity index (χ3v) is 8.04. The third-order valence-electron chi connectivity index (χ3n) is 6.96. The molecule has 2 radical (unpaired) electrons. The molecule has 14 heteroatoms. The molecule has 4 rings (SSSR count). The van der Waals surface area contributed by atoms with Crippen LogP contribution in [0, 0.1) is 11.6 Å². The molecule has 0 spiro atoms. The Morgan fingerprint density at radius 2 is 1.77 bits per heavy atom. The van der Waals surface area contributed by atoms with Crippen LogP contribution in [0.3, 0.4) is 0 Å². The molecule has 0 fully saturated rings. The Morgan fingerprint density at radius 3 is 2.30 bits per heavy atom. The number of halogens is 4. The van der Waals surface area contributed by atoms with E-state index in [1.807, 2.05) is 0 Å². The number of hydrogen-bond acceptors (Lipinski definition) is 7. The van der Waals surface area contributed by atoms with Gasteiger partial charge in [0.1, 0.15) is 23.1 Å². The topological polar surface area (TPSA) is 105 Å². The lowest BCUT2D eigenvalue weighted by molar-refractivity contribution is -0.203. The van der Waals surface area contributed by atoms with Gasteiger partial charge in [-0.2, -0.15) is 8.78 Å². The lowest BCUT2D eigenvalue weighted by atomic mass is 9.99. The van der Waals surface area contributed by atoms with E-state index in [-0.39, 0.29) is 57.6 Å². The van der Waals surface area contributed by atoms with Crippen LogP contribution < -0.4 is 4.74 Å². The lowest BCUT2D eigenvalue weighted by Crippen LogP contribution is -2.49. The van der Waals surface area contributed by atoms with Crippen molar-refractivity contribution in [1.82, 2.24) is 14.5 Å². The smallest absolute Gasteiger partial charge is 0.387 e. The number of fused-ring (bicyclic) bond motifs is 1. The number of benzene rings is 3. The van der Waals surface area contributed by atoms with E-state index in [4.69, 9.17) is 12.6 Å². The van der Waals surface area contributed by atoms with Crippen molar-refractivity contribution >= 4 is 32.3 Å². The van der Waals surface area contributed by atoms with Crippen LogP contribution in [0.1, 0.15) is 41.1 Å². The average molecular weight is 617 g/mol. The van der Waals surface area contributed by atoms with Gasteiger partial charge in [0, 0.05) is 17.3 Å². The van der Waals surface area contributed by atoms with Gasteiger partial charge in [-0.25, -0.2) is 13.8 Å². The number of aldehydes is 1.